The Morgan fingerprint density at radius 2 is 1.94 bits per heavy atom. The Morgan fingerprint density at radius 1 is 1.19 bits per heavy atom. The maximum atomic E-state index is 14.6. The fourth-order valence-electron chi connectivity index (χ4n) is 4.33. The number of halogens is 3. The van der Waals surface area contributed by atoms with Crippen molar-refractivity contribution in [1.82, 2.24) is 15.2 Å². The highest BCUT2D eigenvalue weighted by Crippen LogP contribution is 2.33. The summed E-state index contributed by atoms with van der Waals surface area (Å²) in [5, 5.41) is 2.53. The number of aryl methyl sites for hydroxylation is 1. The van der Waals surface area contributed by atoms with Gasteiger partial charge in [-0.15, -0.1) is 0 Å². The van der Waals surface area contributed by atoms with Crippen LogP contribution < -0.4 is 5.32 Å². The van der Waals surface area contributed by atoms with Crippen molar-refractivity contribution >= 4 is 23.4 Å². The number of rotatable bonds is 5. The van der Waals surface area contributed by atoms with Gasteiger partial charge in [-0.05, 0) is 50.5 Å². The minimum atomic E-state index is -0.795. The Morgan fingerprint density at radius 3 is 2.59 bits per heavy atom. The molecule has 1 aromatic heterocycles. The molecule has 2 fully saturated rings. The van der Waals surface area contributed by atoms with Crippen LogP contribution in [0.2, 0.25) is 5.02 Å². The van der Waals surface area contributed by atoms with E-state index in [2.05, 4.69) is 10.3 Å². The summed E-state index contributed by atoms with van der Waals surface area (Å²) >= 11 is 5.69. The molecule has 2 aromatic rings. The maximum absolute atomic E-state index is 14.6. The van der Waals surface area contributed by atoms with E-state index in [1.807, 2.05) is 13.8 Å². The Labute approximate surface area is 189 Å². The molecule has 1 N–H and O–H groups in total. The second kappa shape index (κ2) is 9.11. The van der Waals surface area contributed by atoms with E-state index >= 15 is 0 Å². The summed E-state index contributed by atoms with van der Waals surface area (Å²) in [6, 6.07) is 1.99. The first kappa shape index (κ1) is 22.6. The molecule has 2 aliphatic rings. The summed E-state index contributed by atoms with van der Waals surface area (Å²) in [6.45, 7) is 4.35. The maximum Gasteiger partial charge on any atom is 0.256 e. The van der Waals surface area contributed by atoms with E-state index in [9.17, 15) is 18.4 Å². The predicted molar refractivity (Wildman–Crippen MR) is 114 cm³/mol. The standard InChI is InChI=1S/C23H24ClF2N3O3/c1-12-5-14(9-27-8-12)23(31)29-13(2)3-4-20(29)22(30)28-21(15-10-32-11-15)16-6-19(26)17(24)7-18(16)25/h5-9,13,15,20-21H,3-4,10-11H2,1-2H3,(H,28,30)/t13-,20-,21-/m1/s1. The highest BCUT2D eigenvalue weighted by molar-refractivity contribution is 6.30. The van der Waals surface area contributed by atoms with Crippen LogP contribution in [0.5, 0.6) is 0 Å². The molecule has 0 saturated carbocycles. The summed E-state index contributed by atoms with van der Waals surface area (Å²) in [6.07, 6.45) is 4.27. The Hall–Kier alpha value is -2.58. The summed E-state index contributed by atoms with van der Waals surface area (Å²) in [4.78, 5) is 32.1. The molecule has 3 heterocycles. The van der Waals surface area contributed by atoms with Crippen molar-refractivity contribution in [1.29, 1.82) is 0 Å². The number of pyridine rings is 1. The van der Waals surface area contributed by atoms with Crippen LogP contribution in [0.4, 0.5) is 8.78 Å². The number of carbonyl (C=O) groups excluding carboxylic acids is 2. The van der Waals surface area contributed by atoms with Gasteiger partial charge in [-0.3, -0.25) is 14.6 Å². The van der Waals surface area contributed by atoms with Crippen LogP contribution in [-0.2, 0) is 9.53 Å². The molecule has 0 aliphatic carbocycles. The molecule has 170 valence electrons. The third kappa shape index (κ3) is 4.34. The summed E-state index contributed by atoms with van der Waals surface area (Å²) in [7, 11) is 0. The van der Waals surface area contributed by atoms with E-state index in [0.717, 1.165) is 17.7 Å². The molecule has 0 bridgehead atoms. The number of nitrogens with one attached hydrogen (secondary N) is 1. The molecular weight excluding hydrogens is 440 g/mol. The Balaban J connectivity index is 1.59. The van der Waals surface area contributed by atoms with E-state index in [-0.39, 0.29) is 28.5 Å². The van der Waals surface area contributed by atoms with Crippen molar-refractivity contribution in [3.63, 3.8) is 0 Å². The van der Waals surface area contributed by atoms with Crippen LogP contribution in [-0.4, -0.2) is 47.0 Å². The zero-order chi connectivity index (χ0) is 23.0. The van der Waals surface area contributed by atoms with Crippen molar-refractivity contribution in [2.24, 2.45) is 5.92 Å². The quantitative estimate of drug-likeness (QED) is 0.684. The smallest absolute Gasteiger partial charge is 0.256 e. The zero-order valence-corrected chi connectivity index (χ0v) is 18.5. The van der Waals surface area contributed by atoms with Crippen molar-refractivity contribution in [2.75, 3.05) is 13.2 Å². The van der Waals surface area contributed by atoms with Gasteiger partial charge in [0.25, 0.3) is 5.91 Å². The third-order valence-corrected chi connectivity index (χ3v) is 6.42. The summed E-state index contributed by atoms with van der Waals surface area (Å²) in [5.41, 5.74) is 1.26. The minimum absolute atomic E-state index is 0.0142. The van der Waals surface area contributed by atoms with Gasteiger partial charge in [0.05, 0.1) is 29.8 Å². The SMILES string of the molecule is Cc1cncc(C(=O)N2[C@H](C)CC[C@@H]2C(=O)N[C@@H](c2cc(F)c(Cl)cc2F)C2COC2)c1. The molecular formula is C23H24ClF2N3O3. The molecule has 2 saturated heterocycles. The van der Waals surface area contributed by atoms with Crippen molar-refractivity contribution in [3.05, 3.63) is 63.9 Å². The molecule has 4 rings (SSSR count). The van der Waals surface area contributed by atoms with E-state index in [0.29, 0.717) is 31.6 Å². The van der Waals surface area contributed by atoms with Crippen LogP contribution in [0.25, 0.3) is 0 Å². The van der Waals surface area contributed by atoms with Gasteiger partial charge >= 0.3 is 0 Å². The Kier molecular flexibility index (Phi) is 6.44. The molecule has 2 amide bonds. The van der Waals surface area contributed by atoms with Gasteiger partial charge in [-0.1, -0.05) is 11.6 Å². The van der Waals surface area contributed by atoms with Gasteiger partial charge in [-0.2, -0.15) is 0 Å². The predicted octanol–water partition coefficient (Wildman–Crippen LogP) is 3.82. The number of benzene rings is 1. The van der Waals surface area contributed by atoms with E-state index in [1.54, 1.807) is 17.2 Å². The number of aromatic nitrogens is 1. The number of hydrogen-bond donors (Lipinski definition) is 1. The van der Waals surface area contributed by atoms with Crippen molar-refractivity contribution < 1.29 is 23.1 Å². The Bertz CT molecular complexity index is 1050. The topological polar surface area (TPSA) is 71.5 Å². The second-order valence-corrected chi connectivity index (χ2v) is 8.88. The molecule has 9 heteroatoms. The monoisotopic (exact) mass is 463 g/mol. The highest BCUT2D eigenvalue weighted by Gasteiger charge is 2.41. The van der Waals surface area contributed by atoms with Crippen LogP contribution in [0, 0.1) is 24.5 Å². The molecule has 0 spiro atoms. The number of carbonyl (C=O) groups is 2. The van der Waals surface area contributed by atoms with Gasteiger partial charge in [0.15, 0.2) is 0 Å². The number of nitrogens with zero attached hydrogens (tertiary/aromatic N) is 2. The molecule has 0 unspecified atom stereocenters. The molecule has 6 nitrogen and oxygen atoms in total. The minimum Gasteiger partial charge on any atom is -0.381 e. The third-order valence-electron chi connectivity index (χ3n) is 6.14. The molecule has 2 aliphatic heterocycles. The molecule has 3 atom stereocenters. The van der Waals surface area contributed by atoms with Crippen LogP contribution >= 0.6 is 11.6 Å². The number of likely N-dealkylation sites (tertiary alicyclic amines) is 1. The molecule has 0 radical (unpaired) electrons. The van der Waals surface area contributed by atoms with Gasteiger partial charge in [0.1, 0.15) is 17.7 Å². The van der Waals surface area contributed by atoms with Crippen LogP contribution in [0.1, 0.15) is 47.3 Å². The largest absolute Gasteiger partial charge is 0.381 e. The zero-order valence-electron chi connectivity index (χ0n) is 17.8. The lowest BCUT2D eigenvalue weighted by Crippen LogP contribution is -2.51. The van der Waals surface area contributed by atoms with Crippen LogP contribution in [0.15, 0.2) is 30.6 Å². The fourth-order valence-corrected chi connectivity index (χ4v) is 4.48. The van der Waals surface area contributed by atoms with Gasteiger partial charge < -0.3 is 15.0 Å². The summed E-state index contributed by atoms with van der Waals surface area (Å²) < 4.78 is 33.9. The van der Waals surface area contributed by atoms with Crippen molar-refractivity contribution in [3.8, 4) is 0 Å². The first-order valence-corrected chi connectivity index (χ1v) is 10.9. The lowest BCUT2D eigenvalue weighted by atomic mass is 9.90. The average molecular weight is 464 g/mol. The highest BCUT2D eigenvalue weighted by atomic mass is 35.5. The lowest BCUT2D eigenvalue weighted by Gasteiger charge is -2.36. The van der Waals surface area contributed by atoms with Crippen molar-refractivity contribution in [2.45, 2.75) is 44.8 Å². The number of amides is 2. The molecule has 1 aromatic carbocycles. The van der Waals surface area contributed by atoms with E-state index in [1.165, 1.54) is 6.20 Å². The normalized spacial score (nSPS) is 21.8. The van der Waals surface area contributed by atoms with E-state index in [4.69, 9.17) is 16.3 Å². The van der Waals surface area contributed by atoms with Gasteiger partial charge in [0.2, 0.25) is 5.91 Å². The number of ether oxygens (including phenoxy) is 1. The fraction of sp³-hybridized carbons (Fsp3) is 0.435. The van der Waals surface area contributed by atoms with Gasteiger partial charge in [-0.25, -0.2) is 8.78 Å². The summed E-state index contributed by atoms with van der Waals surface area (Å²) in [5.74, 6) is -2.36. The average Bonchev–Trinajstić information content (AvgIpc) is 3.10. The first-order chi connectivity index (χ1) is 15.3. The van der Waals surface area contributed by atoms with E-state index < -0.39 is 29.6 Å². The molecule has 32 heavy (non-hydrogen) atoms. The first-order valence-electron chi connectivity index (χ1n) is 10.5. The lowest BCUT2D eigenvalue weighted by molar-refractivity contribution is -0.128. The van der Waals surface area contributed by atoms with Gasteiger partial charge in [0, 0.05) is 29.9 Å². The second-order valence-electron chi connectivity index (χ2n) is 8.48. The number of hydrogen-bond acceptors (Lipinski definition) is 4. The van der Waals surface area contributed by atoms with Crippen LogP contribution in [0.3, 0.4) is 0 Å².